The summed E-state index contributed by atoms with van der Waals surface area (Å²) in [7, 11) is 1.96. The average Bonchev–Trinajstić information content (AvgIpc) is 2.11. The normalized spacial score (nSPS) is 10.8. The van der Waals surface area contributed by atoms with Crippen molar-refractivity contribution < 1.29 is 0 Å². The molecule has 1 aromatic rings. The summed E-state index contributed by atoms with van der Waals surface area (Å²) in [6.45, 7) is 4.21. The van der Waals surface area contributed by atoms with Crippen LogP contribution in [0, 0.1) is 0 Å². The monoisotopic (exact) mass is 139 g/mol. The molecule has 0 saturated heterocycles. The van der Waals surface area contributed by atoms with Gasteiger partial charge in [0.15, 0.2) is 0 Å². The molecule has 0 saturated carbocycles. The van der Waals surface area contributed by atoms with E-state index in [4.69, 9.17) is 5.73 Å². The summed E-state index contributed by atoms with van der Waals surface area (Å²) < 4.78 is 1.96. The van der Waals surface area contributed by atoms with Crippen LogP contribution in [0.5, 0.6) is 0 Å². The molecule has 0 aliphatic heterocycles. The minimum absolute atomic E-state index is 0.451. The van der Waals surface area contributed by atoms with Crippen molar-refractivity contribution in [3.8, 4) is 0 Å². The Balaban J connectivity index is 3.10. The Morgan fingerprint density at radius 1 is 1.60 bits per heavy atom. The molecule has 0 unspecified atom stereocenters. The summed E-state index contributed by atoms with van der Waals surface area (Å²) in [5, 5.41) is 0. The minimum atomic E-state index is 0.451. The van der Waals surface area contributed by atoms with Crippen molar-refractivity contribution in [2.45, 2.75) is 19.8 Å². The predicted octanol–water partition coefficient (Wildman–Crippen LogP) is 1.13. The Morgan fingerprint density at radius 2 is 2.20 bits per heavy atom. The number of hydrogen-bond acceptors (Lipinski definition) is 2. The molecule has 0 aliphatic carbocycles. The second kappa shape index (κ2) is 2.33. The molecule has 3 nitrogen and oxygen atoms in total. The number of nitrogens with two attached hydrogens (primary N) is 1. The zero-order valence-corrected chi connectivity index (χ0v) is 6.63. The number of imidazole rings is 1. The van der Waals surface area contributed by atoms with E-state index in [0.717, 1.165) is 5.69 Å². The van der Waals surface area contributed by atoms with Crippen LogP contribution in [0.4, 0.5) is 5.82 Å². The Bertz CT molecular complexity index is 205. The van der Waals surface area contributed by atoms with Gasteiger partial charge in [-0.05, 0) is 5.92 Å². The van der Waals surface area contributed by atoms with Crippen LogP contribution in [0.1, 0.15) is 25.5 Å². The topological polar surface area (TPSA) is 43.8 Å². The van der Waals surface area contributed by atoms with E-state index in [1.54, 1.807) is 6.33 Å². The maximum atomic E-state index is 5.61. The highest BCUT2D eigenvalue weighted by molar-refractivity contribution is 5.36. The first kappa shape index (κ1) is 7.12. The van der Waals surface area contributed by atoms with E-state index in [1.807, 2.05) is 11.6 Å². The fraction of sp³-hybridized carbons (Fsp3) is 0.571. The first-order valence-electron chi connectivity index (χ1n) is 3.39. The van der Waals surface area contributed by atoms with Crippen LogP contribution in [0.3, 0.4) is 0 Å². The minimum Gasteiger partial charge on any atom is -0.382 e. The highest BCUT2D eigenvalue weighted by Gasteiger charge is 2.07. The molecule has 2 N–H and O–H groups in total. The van der Waals surface area contributed by atoms with Crippen LogP contribution in [-0.4, -0.2) is 9.55 Å². The van der Waals surface area contributed by atoms with Crippen LogP contribution in [-0.2, 0) is 7.05 Å². The van der Waals surface area contributed by atoms with Crippen LogP contribution < -0.4 is 5.73 Å². The van der Waals surface area contributed by atoms with Gasteiger partial charge in [0.1, 0.15) is 5.82 Å². The summed E-state index contributed by atoms with van der Waals surface area (Å²) in [6, 6.07) is 0. The number of hydrogen-bond donors (Lipinski definition) is 1. The van der Waals surface area contributed by atoms with Crippen LogP contribution >= 0.6 is 0 Å². The number of anilines is 1. The molecule has 0 fully saturated rings. The number of nitrogens with zero attached hydrogens (tertiary/aromatic N) is 2. The lowest BCUT2D eigenvalue weighted by Crippen LogP contribution is -2.00. The van der Waals surface area contributed by atoms with Crippen molar-refractivity contribution in [2.24, 2.45) is 7.05 Å². The molecule has 1 aromatic heterocycles. The molecule has 0 aliphatic rings. The zero-order chi connectivity index (χ0) is 7.72. The van der Waals surface area contributed by atoms with Gasteiger partial charge in [-0.1, -0.05) is 13.8 Å². The van der Waals surface area contributed by atoms with Gasteiger partial charge in [-0.25, -0.2) is 4.98 Å². The van der Waals surface area contributed by atoms with Crippen LogP contribution in [0.15, 0.2) is 6.33 Å². The molecule has 56 valence electrons. The van der Waals surface area contributed by atoms with Gasteiger partial charge in [0, 0.05) is 7.05 Å². The third-order valence-corrected chi connectivity index (χ3v) is 1.56. The van der Waals surface area contributed by atoms with Gasteiger partial charge in [-0.3, -0.25) is 0 Å². The predicted molar refractivity (Wildman–Crippen MR) is 41.7 cm³/mol. The fourth-order valence-corrected chi connectivity index (χ4v) is 1.16. The van der Waals surface area contributed by atoms with Gasteiger partial charge in [-0.15, -0.1) is 0 Å². The summed E-state index contributed by atoms with van der Waals surface area (Å²) in [5.74, 6) is 1.10. The SMILES string of the molecule is CC(C)c1c(N)ncn1C. The standard InChI is InChI=1S/C7H13N3/c1-5(2)6-7(8)9-4-10(6)3/h4-5H,8H2,1-3H3. The van der Waals surface area contributed by atoms with E-state index in [-0.39, 0.29) is 0 Å². The Morgan fingerprint density at radius 3 is 2.40 bits per heavy atom. The van der Waals surface area contributed by atoms with Crippen molar-refractivity contribution >= 4 is 5.82 Å². The number of aryl methyl sites for hydroxylation is 1. The molecule has 0 amide bonds. The largest absolute Gasteiger partial charge is 0.382 e. The van der Waals surface area contributed by atoms with Crippen molar-refractivity contribution in [2.75, 3.05) is 5.73 Å². The molecule has 0 radical (unpaired) electrons. The highest BCUT2D eigenvalue weighted by atomic mass is 15.1. The van der Waals surface area contributed by atoms with Gasteiger partial charge in [0.2, 0.25) is 0 Å². The van der Waals surface area contributed by atoms with Gasteiger partial charge in [-0.2, -0.15) is 0 Å². The summed E-state index contributed by atoms with van der Waals surface area (Å²) >= 11 is 0. The smallest absolute Gasteiger partial charge is 0.145 e. The molecular weight excluding hydrogens is 126 g/mol. The molecule has 0 bridgehead atoms. The Labute approximate surface area is 60.9 Å². The van der Waals surface area contributed by atoms with E-state index in [1.165, 1.54) is 0 Å². The van der Waals surface area contributed by atoms with E-state index in [0.29, 0.717) is 11.7 Å². The maximum Gasteiger partial charge on any atom is 0.145 e. The van der Waals surface area contributed by atoms with E-state index in [2.05, 4.69) is 18.8 Å². The van der Waals surface area contributed by atoms with E-state index < -0.39 is 0 Å². The second-order valence-corrected chi connectivity index (χ2v) is 2.78. The Hall–Kier alpha value is -0.990. The molecule has 0 spiro atoms. The summed E-state index contributed by atoms with van der Waals surface area (Å²) in [6.07, 6.45) is 1.74. The van der Waals surface area contributed by atoms with E-state index in [9.17, 15) is 0 Å². The lowest BCUT2D eigenvalue weighted by atomic mass is 10.1. The third-order valence-electron chi connectivity index (χ3n) is 1.56. The quantitative estimate of drug-likeness (QED) is 0.633. The highest BCUT2D eigenvalue weighted by Crippen LogP contribution is 2.18. The molecule has 1 heterocycles. The molecular formula is C7H13N3. The molecule has 3 heteroatoms. The van der Waals surface area contributed by atoms with Crippen LogP contribution in [0.25, 0.3) is 0 Å². The van der Waals surface area contributed by atoms with Crippen molar-refractivity contribution in [3.05, 3.63) is 12.0 Å². The third kappa shape index (κ3) is 0.988. The number of rotatable bonds is 1. The molecule has 0 atom stereocenters. The fourth-order valence-electron chi connectivity index (χ4n) is 1.16. The first-order chi connectivity index (χ1) is 4.63. The van der Waals surface area contributed by atoms with Crippen molar-refractivity contribution in [1.82, 2.24) is 9.55 Å². The lowest BCUT2D eigenvalue weighted by molar-refractivity contribution is 0.743. The number of nitrogen functional groups attached to an aromatic ring is 1. The van der Waals surface area contributed by atoms with Crippen molar-refractivity contribution in [3.63, 3.8) is 0 Å². The van der Waals surface area contributed by atoms with E-state index >= 15 is 0 Å². The first-order valence-corrected chi connectivity index (χ1v) is 3.39. The zero-order valence-electron chi connectivity index (χ0n) is 6.63. The van der Waals surface area contributed by atoms with Crippen LogP contribution in [0.2, 0.25) is 0 Å². The van der Waals surface area contributed by atoms with Gasteiger partial charge in [0.05, 0.1) is 12.0 Å². The number of aromatic nitrogens is 2. The summed E-state index contributed by atoms with van der Waals surface area (Å²) in [5.41, 5.74) is 6.72. The molecule has 10 heavy (non-hydrogen) atoms. The maximum absolute atomic E-state index is 5.61. The second-order valence-electron chi connectivity index (χ2n) is 2.78. The van der Waals surface area contributed by atoms with Gasteiger partial charge in [0.25, 0.3) is 0 Å². The van der Waals surface area contributed by atoms with Gasteiger partial charge < -0.3 is 10.3 Å². The van der Waals surface area contributed by atoms with Gasteiger partial charge >= 0.3 is 0 Å². The molecule has 0 aromatic carbocycles. The lowest BCUT2D eigenvalue weighted by Gasteiger charge is -2.05. The average molecular weight is 139 g/mol. The Kier molecular flexibility index (Phi) is 1.66. The molecule has 1 rings (SSSR count). The van der Waals surface area contributed by atoms with Crippen molar-refractivity contribution in [1.29, 1.82) is 0 Å². The summed E-state index contributed by atoms with van der Waals surface area (Å²) in [4.78, 5) is 3.98.